The number of carbonyl (C=O) groups is 1. The molecule has 0 aliphatic rings. The number of furan rings is 1. The second-order valence-electron chi connectivity index (χ2n) is 6.53. The van der Waals surface area contributed by atoms with Crippen molar-refractivity contribution in [3.8, 4) is 17.4 Å². The van der Waals surface area contributed by atoms with Gasteiger partial charge in [-0.05, 0) is 55.8 Å². The zero-order valence-corrected chi connectivity index (χ0v) is 17.7. The summed E-state index contributed by atoms with van der Waals surface area (Å²) in [7, 11) is 0. The van der Waals surface area contributed by atoms with Gasteiger partial charge in [-0.2, -0.15) is 5.26 Å². The van der Waals surface area contributed by atoms with E-state index in [0.717, 1.165) is 10.0 Å². The van der Waals surface area contributed by atoms with Crippen LogP contribution in [0.15, 0.2) is 63.0 Å². The first-order chi connectivity index (χ1) is 14.3. The largest absolute Gasteiger partial charge is 0.457 e. The SMILES string of the molecule is Cc1cc(-c2ccc(/C=C(/C#N)C(=O)Nc3cccc(Br)c3)o2)cc([N+](=O)[O-])c1C. The van der Waals surface area contributed by atoms with Gasteiger partial charge in [-0.1, -0.05) is 22.0 Å². The summed E-state index contributed by atoms with van der Waals surface area (Å²) in [6, 6.07) is 15.3. The van der Waals surface area contributed by atoms with E-state index in [1.807, 2.05) is 12.1 Å². The Hall–Kier alpha value is -3.70. The molecular formula is C22H16BrN3O4. The molecule has 150 valence electrons. The molecule has 0 saturated carbocycles. The molecule has 7 nitrogen and oxygen atoms in total. The number of rotatable bonds is 5. The molecule has 1 heterocycles. The van der Waals surface area contributed by atoms with Crippen molar-refractivity contribution >= 4 is 39.3 Å². The third-order valence-electron chi connectivity index (χ3n) is 4.48. The Morgan fingerprint density at radius 2 is 2.00 bits per heavy atom. The average Bonchev–Trinajstić information content (AvgIpc) is 3.16. The summed E-state index contributed by atoms with van der Waals surface area (Å²) in [6.07, 6.45) is 1.33. The molecule has 0 aliphatic heterocycles. The summed E-state index contributed by atoms with van der Waals surface area (Å²) in [5.74, 6) is 0.110. The Balaban J connectivity index is 1.88. The van der Waals surface area contributed by atoms with Crippen molar-refractivity contribution in [1.82, 2.24) is 0 Å². The van der Waals surface area contributed by atoms with Crippen molar-refractivity contribution in [2.75, 3.05) is 5.32 Å². The molecule has 2 aromatic carbocycles. The van der Waals surface area contributed by atoms with Crippen molar-refractivity contribution in [2.45, 2.75) is 13.8 Å². The number of aryl methyl sites for hydroxylation is 1. The summed E-state index contributed by atoms with van der Waals surface area (Å²) in [5.41, 5.74) is 2.30. The predicted molar refractivity (Wildman–Crippen MR) is 117 cm³/mol. The Morgan fingerprint density at radius 3 is 2.67 bits per heavy atom. The lowest BCUT2D eigenvalue weighted by molar-refractivity contribution is -0.385. The maximum Gasteiger partial charge on any atom is 0.273 e. The van der Waals surface area contributed by atoms with Crippen molar-refractivity contribution in [3.05, 3.63) is 85.6 Å². The van der Waals surface area contributed by atoms with E-state index in [1.54, 1.807) is 50.2 Å². The maximum absolute atomic E-state index is 12.4. The number of nitriles is 1. The Labute approximate surface area is 180 Å². The number of nitro benzene ring substituents is 1. The quantitative estimate of drug-likeness (QED) is 0.222. The highest BCUT2D eigenvalue weighted by Gasteiger charge is 2.17. The number of hydrogen-bond donors (Lipinski definition) is 1. The van der Waals surface area contributed by atoms with Gasteiger partial charge in [-0.15, -0.1) is 0 Å². The van der Waals surface area contributed by atoms with E-state index < -0.39 is 10.8 Å². The fourth-order valence-electron chi connectivity index (χ4n) is 2.81. The molecule has 0 radical (unpaired) electrons. The molecule has 1 N–H and O–H groups in total. The van der Waals surface area contributed by atoms with Crippen LogP contribution in [0.1, 0.15) is 16.9 Å². The number of nitrogens with one attached hydrogen (secondary N) is 1. The number of carbonyl (C=O) groups excluding carboxylic acids is 1. The zero-order chi connectivity index (χ0) is 21.8. The fourth-order valence-corrected chi connectivity index (χ4v) is 3.21. The molecule has 0 unspecified atom stereocenters. The molecule has 3 aromatic rings. The fraction of sp³-hybridized carbons (Fsp3) is 0.0909. The lowest BCUT2D eigenvalue weighted by Crippen LogP contribution is -2.13. The van der Waals surface area contributed by atoms with Crippen LogP contribution in [0, 0.1) is 35.3 Å². The molecule has 3 rings (SSSR count). The van der Waals surface area contributed by atoms with Crippen LogP contribution in [0.3, 0.4) is 0 Å². The first-order valence-corrected chi connectivity index (χ1v) is 9.62. The topological polar surface area (TPSA) is 109 Å². The van der Waals surface area contributed by atoms with Gasteiger partial charge in [-0.3, -0.25) is 14.9 Å². The highest BCUT2D eigenvalue weighted by atomic mass is 79.9. The minimum absolute atomic E-state index is 0.00426. The van der Waals surface area contributed by atoms with Gasteiger partial charge in [0.2, 0.25) is 0 Å². The Morgan fingerprint density at radius 1 is 1.23 bits per heavy atom. The zero-order valence-electron chi connectivity index (χ0n) is 16.1. The van der Waals surface area contributed by atoms with Crippen LogP contribution >= 0.6 is 15.9 Å². The predicted octanol–water partition coefficient (Wildman–Crippen LogP) is 5.78. The summed E-state index contributed by atoms with van der Waals surface area (Å²) < 4.78 is 6.51. The summed E-state index contributed by atoms with van der Waals surface area (Å²) in [5, 5.41) is 23.3. The lowest BCUT2D eigenvalue weighted by atomic mass is 10.0. The average molecular weight is 466 g/mol. The van der Waals surface area contributed by atoms with Gasteiger partial charge >= 0.3 is 0 Å². The van der Waals surface area contributed by atoms with E-state index in [0.29, 0.717) is 22.6 Å². The van der Waals surface area contributed by atoms with Crippen molar-refractivity contribution in [3.63, 3.8) is 0 Å². The summed E-state index contributed by atoms with van der Waals surface area (Å²) >= 11 is 3.32. The van der Waals surface area contributed by atoms with Gasteiger partial charge in [0.1, 0.15) is 23.2 Å². The lowest BCUT2D eigenvalue weighted by Gasteiger charge is -2.05. The number of amides is 1. The van der Waals surface area contributed by atoms with E-state index in [9.17, 15) is 20.2 Å². The van der Waals surface area contributed by atoms with Gasteiger partial charge < -0.3 is 9.73 Å². The van der Waals surface area contributed by atoms with Gasteiger partial charge in [0.25, 0.3) is 11.6 Å². The van der Waals surface area contributed by atoms with Crippen molar-refractivity contribution in [1.29, 1.82) is 5.26 Å². The van der Waals surface area contributed by atoms with Crippen LogP contribution in [-0.4, -0.2) is 10.8 Å². The first kappa shape index (κ1) is 21.0. The van der Waals surface area contributed by atoms with Gasteiger partial charge in [0, 0.05) is 33.4 Å². The molecule has 0 aliphatic carbocycles. The molecular weight excluding hydrogens is 450 g/mol. The van der Waals surface area contributed by atoms with E-state index in [1.165, 1.54) is 12.1 Å². The third-order valence-corrected chi connectivity index (χ3v) is 4.98. The normalized spacial score (nSPS) is 11.1. The van der Waals surface area contributed by atoms with Crippen molar-refractivity contribution in [2.24, 2.45) is 0 Å². The second kappa shape index (κ2) is 8.76. The van der Waals surface area contributed by atoms with Gasteiger partial charge in [0.05, 0.1) is 4.92 Å². The van der Waals surface area contributed by atoms with E-state index in [2.05, 4.69) is 21.2 Å². The van der Waals surface area contributed by atoms with Gasteiger partial charge in [-0.25, -0.2) is 0 Å². The molecule has 0 bridgehead atoms. The molecule has 0 spiro atoms. The summed E-state index contributed by atoms with van der Waals surface area (Å²) in [4.78, 5) is 23.2. The van der Waals surface area contributed by atoms with Gasteiger partial charge in [0.15, 0.2) is 0 Å². The van der Waals surface area contributed by atoms with E-state index >= 15 is 0 Å². The van der Waals surface area contributed by atoms with Crippen LogP contribution in [0.2, 0.25) is 0 Å². The maximum atomic E-state index is 12.4. The molecule has 8 heteroatoms. The van der Waals surface area contributed by atoms with E-state index in [4.69, 9.17) is 4.42 Å². The van der Waals surface area contributed by atoms with Crippen LogP contribution in [0.25, 0.3) is 17.4 Å². The third kappa shape index (κ3) is 4.64. The minimum atomic E-state index is -0.574. The molecule has 0 fully saturated rings. The summed E-state index contributed by atoms with van der Waals surface area (Å²) in [6.45, 7) is 3.48. The first-order valence-electron chi connectivity index (χ1n) is 8.83. The second-order valence-corrected chi connectivity index (χ2v) is 7.45. The number of anilines is 1. The highest BCUT2D eigenvalue weighted by Crippen LogP contribution is 2.31. The highest BCUT2D eigenvalue weighted by molar-refractivity contribution is 9.10. The number of benzene rings is 2. The van der Waals surface area contributed by atoms with Crippen molar-refractivity contribution < 1.29 is 14.1 Å². The molecule has 30 heavy (non-hydrogen) atoms. The smallest absolute Gasteiger partial charge is 0.273 e. The Bertz CT molecular complexity index is 1220. The molecule has 0 atom stereocenters. The number of hydrogen-bond acceptors (Lipinski definition) is 5. The number of nitrogens with zero attached hydrogens (tertiary/aromatic N) is 2. The molecule has 1 aromatic heterocycles. The minimum Gasteiger partial charge on any atom is -0.457 e. The van der Waals surface area contributed by atoms with Crippen LogP contribution < -0.4 is 5.32 Å². The van der Waals surface area contributed by atoms with Crippen LogP contribution in [0.4, 0.5) is 11.4 Å². The number of nitro groups is 1. The molecule has 1 amide bonds. The monoisotopic (exact) mass is 465 g/mol. The Kier molecular flexibility index (Phi) is 6.14. The number of halogens is 1. The van der Waals surface area contributed by atoms with E-state index in [-0.39, 0.29) is 17.0 Å². The molecule has 0 saturated heterocycles. The standard InChI is InChI=1S/C22H16BrN3O4/c1-13-8-15(10-20(14(13)2)26(28)29)21-7-6-19(30-21)9-16(12-24)22(27)25-18-5-3-4-17(23)11-18/h3-11H,1-2H3,(H,25,27)/b16-9-. The van der Waals surface area contributed by atoms with Crippen LogP contribution in [0.5, 0.6) is 0 Å². The van der Waals surface area contributed by atoms with Crippen LogP contribution in [-0.2, 0) is 4.79 Å².